The van der Waals surface area contributed by atoms with Gasteiger partial charge in [-0.2, -0.15) is 0 Å². The van der Waals surface area contributed by atoms with Crippen LogP contribution in [0.1, 0.15) is 5.56 Å². The third kappa shape index (κ3) is 3.29. The van der Waals surface area contributed by atoms with Gasteiger partial charge in [0.15, 0.2) is 0 Å². The predicted molar refractivity (Wildman–Crippen MR) is 105 cm³/mol. The third-order valence-corrected chi connectivity index (χ3v) is 4.55. The normalized spacial score (nSPS) is 10.9. The summed E-state index contributed by atoms with van der Waals surface area (Å²) in [6.45, 7) is 0.335. The number of nitrogen functional groups attached to an aromatic ring is 1. The van der Waals surface area contributed by atoms with Gasteiger partial charge in [-0.15, -0.1) is 0 Å². The molecule has 4 rings (SSSR count). The fourth-order valence-corrected chi connectivity index (χ4v) is 3.12. The molecule has 4 aromatic rings. The van der Waals surface area contributed by atoms with Gasteiger partial charge in [-0.1, -0.05) is 54.1 Å². The molecular weight excluding hydrogens is 365 g/mol. The number of aromatic nitrogens is 2. The Morgan fingerprint density at radius 3 is 2.59 bits per heavy atom. The summed E-state index contributed by atoms with van der Waals surface area (Å²) in [4.78, 5) is 8.34. The lowest BCUT2D eigenvalue weighted by Gasteiger charge is -2.15. The van der Waals surface area contributed by atoms with E-state index in [0.717, 1.165) is 5.56 Å². The number of nitrogens with two attached hydrogens (primary N) is 1. The summed E-state index contributed by atoms with van der Waals surface area (Å²) in [5.74, 6) is 0.275. The van der Waals surface area contributed by atoms with Crippen molar-refractivity contribution >= 4 is 28.3 Å². The lowest BCUT2D eigenvalue weighted by molar-refractivity contribution is 0.308. The van der Waals surface area contributed by atoms with Crippen LogP contribution in [0.3, 0.4) is 0 Å². The molecule has 0 aliphatic carbocycles. The van der Waals surface area contributed by atoms with Gasteiger partial charge in [-0.25, -0.2) is 14.4 Å². The quantitative estimate of drug-likeness (QED) is 0.526. The Labute approximate surface area is 160 Å². The van der Waals surface area contributed by atoms with Gasteiger partial charge < -0.3 is 10.5 Å². The largest absolute Gasteiger partial charge is 0.488 e. The van der Waals surface area contributed by atoms with Gasteiger partial charge in [0.05, 0.1) is 16.1 Å². The molecule has 134 valence electrons. The minimum Gasteiger partial charge on any atom is -0.488 e. The number of ether oxygens (including phenoxy) is 1. The van der Waals surface area contributed by atoms with E-state index in [1.54, 1.807) is 24.3 Å². The van der Waals surface area contributed by atoms with E-state index in [9.17, 15) is 4.39 Å². The lowest BCUT2D eigenvalue weighted by Crippen LogP contribution is -2.01. The minimum atomic E-state index is -0.534. The van der Waals surface area contributed by atoms with Crippen LogP contribution in [0.25, 0.3) is 22.0 Å². The molecule has 0 fully saturated rings. The predicted octanol–water partition coefficient (Wildman–Crippen LogP) is 5.25. The van der Waals surface area contributed by atoms with Gasteiger partial charge in [0.25, 0.3) is 0 Å². The van der Waals surface area contributed by atoms with E-state index in [4.69, 9.17) is 22.1 Å². The minimum absolute atomic E-state index is 0.0283. The highest BCUT2D eigenvalue weighted by Gasteiger charge is 2.19. The standard InChI is InChI=1S/C21H15ClFN3O/c22-16-8-4-7-14(19(16)23)18-17(27-11-13-5-2-1-3-6-13)10-9-15-20(18)25-12-26-21(15)24/h1-10,12H,11H2,(H2,24,25,26). The molecular formula is C21H15ClFN3O. The number of hydrogen-bond acceptors (Lipinski definition) is 4. The molecule has 0 radical (unpaired) electrons. The molecule has 2 N–H and O–H groups in total. The number of benzene rings is 3. The summed E-state index contributed by atoms with van der Waals surface area (Å²) >= 11 is 6.00. The molecule has 0 amide bonds. The summed E-state index contributed by atoms with van der Waals surface area (Å²) in [6, 6.07) is 18.1. The maximum atomic E-state index is 14.8. The first-order valence-corrected chi connectivity index (χ1v) is 8.67. The van der Waals surface area contributed by atoms with Gasteiger partial charge in [-0.05, 0) is 23.8 Å². The van der Waals surface area contributed by atoms with Gasteiger partial charge in [0.1, 0.15) is 30.3 Å². The van der Waals surface area contributed by atoms with Crippen LogP contribution in [0.4, 0.5) is 10.2 Å². The average Bonchev–Trinajstić information content (AvgIpc) is 2.69. The van der Waals surface area contributed by atoms with Crippen molar-refractivity contribution in [1.29, 1.82) is 0 Å². The Hall–Kier alpha value is -3.18. The van der Waals surface area contributed by atoms with Gasteiger partial charge in [-0.3, -0.25) is 0 Å². The zero-order valence-electron chi connectivity index (χ0n) is 14.2. The fourth-order valence-electron chi connectivity index (χ4n) is 2.94. The van der Waals surface area contributed by atoms with Crippen molar-refractivity contribution in [3.05, 3.63) is 83.4 Å². The Kier molecular flexibility index (Phi) is 4.60. The summed E-state index contributed by atoms with van der Waals surface area (Å²) in [5.41, 5.74) is 8.28. The Balaban J connectivity index is 1.89. The Bertz CT molecular complexity index is 1120. The molecule has 0 atom stereocenters. The van der Waals surface area contributed by atoms with Crippen LogP contribution in [-0.2, 0) is 6.61 Å². The van der Waals surface area contributed by atoms with Gasteiger partial charge >= 0.3 is 0 Å². The van der Waals surface area contributed by atoms with Crippen LogP contribution in [0, 0.1) is 5.82 Å². The molecule has 0 aliphatic rings. The number of anilines is 1. The molecule has 0 bridgehead atoms. The van der Waals surface area contributed by atoms with E-state index in [1.165, 1.54) is 12.4 Å². The van der Waals surface area contributed by atoms with Crippen molar-refractivity contribution in [1.82, 2.24) is 9.97 Å². The summed E-state index contributed by atoms with van der Waals surface area (Å²) < 4.78 is 20.8. The molecule has 0 spiro atoms. The highest BCUT2D eigenvalue weighted by molar-refractivity contribution is 6.31. The maximum Gasteiger partial charge on any atom is 0.149 e. The van der Waals surface area contributed by atoms with E-state index in [1.807, 2.05) is 30.3 Å². The second kappa shape index (κ2) is 7.21. The number of rotatable bonds is 4. The Morgan fingerprint density at radius 2 is 1.78 bits per heavy atom. The molecule has 0 saturated carbocycles. The molecule has 1 aromatic heterocycles. The molecule has 3 aromatic carbocycles. The van der Waals surface area contributed by atoms with Crippen molar-refractivity contribution in [2.45, 2.75) is 6.61 Å². The average molecular weight is 380 g/mol. The SMILES string of the molecule is Nc1ncnc2c(-c3cccc(Cl)c3F)c(OCc3ccccc3)ccc12. The monoisotopic (exact) mass is 379 g/mol. The van der Waals surface area contributed by atoms with Gasteiger partial charge in [0, 0.05) is 10.9 Å². The molecule has 4 nitrogen and oxygen atoms in total. The zero-order chi connectivity index (χ0) is 18.8. The van der Waals surface area contributed by atoms with E-state index >= 15 is 0 Å². The van der Waals surface area contributed by atoms with Crippen molar-refractivity contribution in [2.24, 2.45) is 0 Å². The van der Waals surface area contributed by atoms with E-state index in [-0.39, 0.29) is 5.02 Å². The smallest absolute Gasteiger partial charge is 0.149 e. The second-order valence-corrected chi connectivity index (χ2v) is 6.38. The van der Waals surface area contributed by atoms with Crippen LogP contribution in [0.2, 0.25) is 5.02 Å². The molecule has 1 heterocycles. The van der Waals surface area contributed by atoms with Gasteiger partial charge in [0.2, 0.25) is 0 Å². The summed E-state index contributed by atoms with van der Waals surface area (Å²) in [5, 5.41) is 0.652. The first-order valence-electron chi connectivity index (χ1n) is 8.29. The lowest BCUT2D eigenvalue weighted by atomic mass is 10.0. The molecule has 0 unspecified atom stereocenters. The van der Waals surface area contributed by atoms with Crippen molar-refractivity contribution in [2.75, 3.05) is 5.73 Å². The number of nitrogens with zero attached hydrogens (tertiary/aromatic N) is 2. The van der Waals surface area contributed by atoms with Crippen LogP contribution in [0.5, 0.6) is 5.75 Å². The third-order valence-electron chi connectivity index (χ3n) is 4.26. The second-order valence-electron chi connectivity index (χ2n) is 5.97. The molecule has 0 saturated heterocycles. The van der Waals surface area contributed by atoms with Crippen molar-refractivity contribution in [3.8, 4) is 16.9 Å². The first kappa shape index (κ1) is 17.2. The zero-order valence-corrected chi connectivity index (χ0v) is 14.9. The maximum absolute atomic E-state index is 14.8. The number of halogens is 2. The highest BCUT2D eigenvalue weighted by Crippen LogP contribution is 2.40. The summed E-state index contributed by atoms with van der Waals surface area (Å²) in [7, 11) is 0. The van der Waals surface area contributed by atoms with Crippen LogP contribution in [-0.4, -0.2) is 9.97 Å². The Morgan fingerprint density at radius 1 is 0.963 bits per heavy atom. The molecule has 0 aliphatic heterocycles. The van der Waals surface area contributed by atoms with E-state index in [2.05, 4.69) is 9.97 Å². The van der Waals surface area contributed by atoms with Crippen LogP contribution in [0.15, 0.2) is 67.0 Å². The van der Waals surface area contributed by atoms with Crippen molar-refractivity contribution in [3.63, 3.8) is 0 Å². The highest BCUT2D eigenvalue weighted by atomic mass is 35.5. The molecule has 27 heavy (non-hydrogen) atoms. The van der Waals surface area contributed by atoms with Crippen LogP contribution >= 0.6 is 11.6 Å². The van der Waals surface area contributed by atoms with Crippen LogP contribution < -0.4 is 10.5 Å². The topological polar surface area (TPSA) is 61.0 Å². The van der Waals surface area contributed by atoms with Crippen molar-refractivity contribution < 1.29 is 9.13 Å². The number of fused-ring (bicyclic) bond motifs is 1. The van der Waals surface area contributed by atoms with E-state index in [0.29, 0.717) is 40.2 Å². The summed E-state index contributed by atoms with van der Waals surface area (Å²) in [6.07, 6.45) is 1.35. The first-order chi connectivity index (χ1) is 13.1. The molecule has 6 heteroatoms. The van der Waals surface area contributed by atoms with E-state index < -0.39 is 5.82 Å². The number of hydrogen-bond donors (Lipinski definition) is 1. The fraction of sp³-hybridized carbons (Fsp3) is 0.0476.